The minimum atomic E-state index is 1.05. The largest absolute Gasteiger partial charge is 0.310 e. The average molecular weight is 895 g/mol. The maximum Gasteiger partial charge on any atom is 0.0633 e. The SMILES string of the molecule is c1ccc(N(c2ccncc2)c2ccc(-n3c4ccccc4c4c5ccccc5c5c(c6ccccc6c6c7ccccc7n(-c7ccc(N(c8ccccc8)c8ccncc8)cc7)c65)c43)cc2)cc1. The number of hydrogen-bond donors (Lipinski definition) is 0. The number of para-hydroxylation sites is 4. The zero-order chi connectivity index (χ0) is 46.1. The Morgan fingerprint density at radius 1 is 0.243 bits per heavy atom. The van der Waals surface area contributed by atoms with Crippen LogP contribution in [0, 0.1) is 0 Å². The molecular weight excluding hydrogens is 853 g/mol. The molecular formula is C64H42N6. The molecule has 4 aromatic heterocycles. The van der Waals surface area contributed by atoms with Crippen LogP contribution in [0.4, 0.5) is 34.1 Å². The highest BCUT2D eigenvalue weighted by Gasteiger charge is 2.26. The van der Waals surface area contributed by atoms with E-state index in [9.17, 15) is 0 Å². The van der Waals surface area contributed by atoms with E-state index in [0.717, 1.165) is 56.5 Å². The summed E-state index contributed by atoms with van der Waals surface area (Å²) < 4.78 is 5.03. The van der Waals surface area contributed by atoms with Crippen molar-refractivity contribution in [3.8, 4) is 11.4 Å². The second kappa shape index (κ2) is 16.1. The Morgan fingerprint density at radius 3 is 0.900 bits per heavy atom. The van der Waals surface area contributed by atoms with Gasteiger partial charge in [-0.25, -0.2) is 0 Å². The number of rotatable bonds is 8. The Kier molecular flexibility index (Phi) is 9.10. The summed E-state index contributed by atoms with van der Waals surface area (Å²) in [5.74, 6) is 0. The van der Waals surface area contributed by atoms with Gasteiger partial charge in [-0.15, -0.1) is 0 Å². The van der Waals surface area contributed by atoms with E-state index < -0.39 is 0 Å². The van der Waals surface area contributed by atoms with Crippen LogP contribution in [0.3, 0.4) is 0 Å². The van der Waals surface area contributed by atoms with E-state index in [1.165, 1.54) is 64.9 Å². The van der Waals surface area contributed by atoms with Gasteiger partial charge in [0.25, 0.3) is 0 Å². The van der Waals surface area contributed by atoms with Crippen LogP contribution in [0.2, 0.25) is 0 Å². The van der Waals surface area contributed by atoms with Gasteiger partial charge in [0.15, 0.2) is 0 Å². The van der Waals surface area contributed by atoms with E-state index in [-0.39, 0.29) is 0 Å². The second-order valence-electron chi connectivity index (χ2n) is 17.8. The van der Waals surface area contributed by atoms with Crippen LogP contribution in [-0.4, -0.2) is 19.1 Å². The summed E-state index contributed by atoms with van der Waals surface area (Å²) in [5, 5.41) is 12.3. The van der Waals surface area contributed by atoms with Gasteiger partial charge in [-0.2, -0.15) is 0 Å². The first kappa shape index (κ1) is 39.6. The Labute approximate surface area is 403 Å². The number of benzene rings is 10. The zero-order valence-corrected chi connectivity index (χ0v) is 37.9. The van der Waals surface area contributed by atoms with Crippen molar-refractivity contribution in [3.05, 3.63) is 255 Å². The van der Waals surface area contributed by atoms with Crippen molar-refractivity contribution in [1.29, 1.82) is 0 Å². The molecule has 0 amide bonds. The van der Waals surface area contributed by atoms with Crippen molar-refractivity contribution < 1.29 is 0 Å². The van der Waals surface area contributed by atoms with Crippen LogP contribution >= 0.6 is 0 Å². The maximum atomic E-state index is 4.34. The molecule has 0 saturated carbocycles. The molecule has 14 rings (SSSR count). The van der Waals surface area contributed by atoms with Crippen molar-refractivity contribution >= 4 is 110 Å². The average Bonchev–Trinajstić information content (AvgIpc) is 3.97. The van der Waals surface area contributed by atoms with E-state index in [2.05, 4.69) is 259 Å². The summed E-state index contributed by atoms with van der Waals surface area (Å²) in [4.78, 5) is 13.2. The number of aromatic nitrogens is 4. The van der Waals surface area contributed by atoms with E-state index in [0.29, 0.717) is 0 Å². The lowest BCUT2D eigenvalue weighted by Gasteiger charge is -2.25. The lowest BCUT2D eigenvalue weighted by molar-refractivity contribution is 1.17. The van der Waals surface area contributed by atoms with Gasteiger partial charge in [0.2, 0.25) is 0 Å². The van der Waals surface area contributed by atoms with Crippen LogP contribution in [0.25, 0.3) is 87.3 Å². The smallest absolute Gasteiger partial charge is 0.0633 e. The zero-order valence-electron chi connectivity index (χ0n) is 37.9. The topological polar surface area (TPSA) is 42.1 Å². The predicted molar refractivity (Wildman–Crippen MR) is 293 cm³/mol. The molecule has 14 aromatic rings. The van der Waals surface area contributed by atoms with Crippen molar-refractivity contribution in [2.24, 2.45) is 0 Å². The predicted octanol–water partition coefficient (Wildman–Crippen LogP) is 17.1. The van der Waals surface area contributed by atoms with Crippen molar-refractivity contribution in [2.45, 2.75) is 0 Å². The highest BCUT2D eigenvalue weighted by atomic mass is 15.2. The molecule has 0 radical (unpaired) electrons. The van der Waals surface area contributed by atoms with Gasteiger partial charge in [0.1, 0.15) is 0 Å². The molecule has 0 N–H and O–H groups in total. The van der Waals surface area contributed by atoms with Gasteiger partial charge in [-0.3, -0.25) is 9.97 Å². The first-order chi connectivity index (χ1) is 34.8. The number of pyridine rings is 2. The monoisotopic (exact) mass is 894 g/mol. The Bertz CT molecular complexity index is 3900. The van der Waals surface area contributed by atoms with Crippen LogP contribution in [0.5, 0.6) is 0 Å². The second-order valence-corrected chi connectivity index (χ2v) is 17.8. The highest BCUT2D eigenvalue weighted by Crippen LogP contribution is 2.50. The summed E-state index contributed by atoms with van der Waals surface area (Å²) in [7, 11) is 0. The number of hydrogen-bond acceptors (Lipinski definition) is 4. The van der Waals surface area contributed by atoms with E-state index in [4.69, 9.17) is 0 Å². The first-order valence-corrected chi connectivity index (χ1v) is 23.7. The molecule has 6 heteroatoms. The van der Waals surface area contributed by atoms with Crippen molar-refractivity contribution in [3.63, 3.8) is 0 Å². The molecule has 10 aromatic carbocycles. The van der Waals surface area contributed by atoms with E-state index >= 15 is 0 Å². The molecule has 0 fully saturated rings. The molecule has 0 aliphatic carbocycles. The standard InChI is InChI=1S/C64H42N6/c1-3-15-43(16-4-1)67(49-35-39-65-40-36-49)45-27-31-47(32-28-45)69-57-25-13-11-23-55(57)59-51-19-7-10-22-54(51)62-61(63(59)69)53-21-9-8-20-52(53)60-56-24-12-14-26-58(56)70(64(60)62)48-33-29-46(30-34-48)68(44-17-5-2-6-18-44)50-37-41-66-42-38-50/h1-42H. The Balaban J connectivity index is 1.08. The first-order valence-electron chi connectivity index (χ1n) is 23.7. The third kappa shape index (κ3) is 6.07. The Morgan fingerprint density at radius 2 is 0.529 bits per heavy atom. The van der Waals surface area contributed by atoms with Crippen LogP contribution in [-0.2, 0) is 0 Å². The maximum absolute atomic E-state index is 4.34. The molecule has 328 valence electrons. The third-order valence-corrected chi connectivity index (χ3v) is 14.0. The summed E-state index contributed by atoms with van der Waals surface area (Å²) in [5.41, 5.74) is 13.3. The molecule has 0 spiro atoms. The lowest BCUT2D eigenvalue weighted by atomic mass is 9.90. The molecule has 70 heavy (non-hydrogen) atoms. The number of nitrogens with zero attached hydrogens (tertiary/aromatic N) is 6. The van der Waals surface area contributed by atoms with Gasteiger partial charge >= 0.3 is 0 Å². The summed E-state index contributed by atoms with van der Waals surface area (Å²) in [6.45, 7) is 0. The molecule has 4 heterocycles. The molecule has 6 nitrogen and oxygen atoms in total. The van der Waals surface area contributed by atoms with Crippen molar-refractivity contribution in [1.82, 2.24) is 19.1 Å². The van der Waals surface area contributed by atoms with Crippen LogP contribution in [0.1, 0.15) is 0 Å². The number of anilines is 6. The molecule has 0 atom stereocenters. The fourth-order valence-electron chi connectivity index (χ4n) is 11.2. The summed E-state index contributed by atoms with van der Waals surface area (Å²) >= 11 is 0. The Hall–Kier alpha value is -9.52. The molecule has 0 bridgehead atoms. The highest BCUT2D eigenvalue weighted by molar-refractivity contribution is 6.44. The normalized spacial score (nSPS) is 11.7. The summed E-state index contributed by atoms with van der Waals surface area (Å²) in [6, 6.07) is 83.4. The molecule has 0 aliphatic rings. The van der Waals surface area contributed by atoms with Crippen molar-refractivity contribution in [2.75, 3.05) is 9.80 Å². The minimum Gasteiger partial charge on any atom is -0.310 e. The molecule has 0 saturated heterocycles. The van der Waals surface area contributed by atoms with Crippen LogP contribution in [0.15, 0.2) is 255 Å². The third-order valence-electron chi connectivity index (χ3n) is 14.0. The fraction of sp³-hybridized carbons (Fsp3) is 0. The van der Waals surface area contributed by atoms with Gasteiger partial charge in [0, 0.05) is 103 Å². The minimum absolute atomic E-state index is 1.05. The lowest BCUT2D eigenvalue weighted by Crippen LogP contribution is -2.10. The van der Waals surface area contributed by atoms with Gasteiger partial charge in [-0.1, -0.05) is 121 Å². The van der Waals surface area contributed by atoms with Gasteiger partial charge in [0.05, 0.1) is 22.1 Å². The van der Waals surface area contributed by atoms with Gasteiger partial charge < -0.3 is 18.9 Å². The van der Waals surface area contributed by atoms with E-state index in [1.54, 1.807) is 0 Å². The fourth-order valence-corrected chi connectivity index (χ4v) is 11.2. The van der Waals surface area contributed by atoms with Gasteiger partial charge in [-0.05, 0) is 131 Å². The van der Waals surface area contributed by atoms with E-state index in [1.807, 2.05) is 24.8 Å². The summed E-state index contributed by atoms with van der Waals surface area (Å²) in [6.07, 6.45) is 7.41. The number of fused-ring (bicyclic) bond motifs is 15. The molecule has 0 unspecified atom stereocenters. The molecule has 0 aliphatic heterocycles. The van der Waals surface area contributed by atoms with Crippen LogP contribution < -0.4 is 9.80 Å². The quantitative estimate of drug-likeness (QED) is 0.143.